The number of anilines is 3. The second-order valence-electron chi connectivity index (χ2n) is 11.4. The van der Waals surface area contributed by atoms with Crippen LogP contribution in [0.25, 0.3) is 61.2 Å². The highest BCUT2D eigenvalue weighted by Crippen LogP contribution is 2.41. The van der Waals surface area contributed by atoms with Gasteiger partial charge >= 0.3 is 0 Å². The lowest BCUT2D eigenvalue weighted by Gasteiger charge is -2.26. The Morgan fingerprint density at radius 3 is 2.00 bits per heavy atom. The number of furan rings is 2. The smallest absolute Gasteiger partial charge is 0.142 e. The molecule has 1 N–H and O–H groups in total. The second-order valence-corrected chi connectivity index (χ2v) is 11.4. The number of para-hydroxylation sites is 2. The van der Waals surface area contributed by atoms with Crippen LogP contribution >= 0.6 is 0 Å². The summed E-state index contributed by atoms with van der Waals surface area (Å²) >= 11 is 0. The number of nitrogens with one attached hydrogen (secondary N) is 1. The fourth-order valence-corrected chi connectivity index (χ4v) is 6.55. The molecule has 9 rings (SSSR count). The molecule has 1 aliphatic rings. The maximum Gasteiger partial charge on any atom is 0.142 e. The fourth-order valence-electron chi connectivity index (χ4n) is 6.55. The van der Waals surface area contributed by atoms with Gasteiger partial charge in [-0.25, -0.2) is 0 Å². The first kappa shape index (κ1) is 25.5. The van der Waals surface area contributed by atoms with Crippen LogP contribution in [0.2, 0.25) is 0 Å². The summed E-state index contributed by atoms with van der Waals surface area (Å²) in [5.74, 6) is 0.975. The molecule has 8 aromatic rings. The molecule has 4 heteroatoms. The zero-order valence-electron chi connectivity index (χ0n) is 24.4. The van der Waals surface area contributed by atoms with Crippen molar-refractivity contribution in [3.8, 4) is 22.3 Å². The van der Waals surface area contributed by atoms with E-state index in [-0.39, 0.29) is 0 Å². The van der Waals surface area contributed by atoms with Crippen LogP contribution in [-0.4, -0.2) is 0 Å². The highest BCUT2D eigenvalue weighted by atomic mass is 16.3. The molecule has 0 saturated heterocycles. The third-order valence-corrected chi connectivity index (χ3v) is 8.75. The molecule has 3 heterocycles. The van der Waals surface area contributed by atoms with Gasteiger partial charge in [-0.2, -0.15) is 0 Å². The van der Waals surface area contributed by atoms with E-state index in [1.807, 2.05) is 24.4 Å². The van der Waals surface area contributed by atoms with E-state index < -0.39 is 0 Å². The summed E-state index contributed by atoms with van der Waals surface area (Å²) in [6, 6.07) is 49.1. The number of rotatable bonds is 5. The summed E-state index contributed by atoms with van der Waals surface area (Å²) < 4.78 is 12.7. The normalized spacial score (nSPS) is 12.4. The summed E-state index contributed by atoms with van der Waals surface area (Å²) in [5.41, 5.74) is 11.6. The Morgan fingerprint density at radius 1 is 0.511 bits per heavy atom. The monoisotopic (exact) mass is 580 g/mol. The van der Waals surface area contributed by atoms with Crippen molar-refractivity contribution in [3.05, 3.63) is 157 Å². The molecule has 0 spiro atoms. The predicted molar refractivity (Wildman–Crippen MR) is 185 cm³/mol. The van der Waals surface area contributed by atoms with Crippen LogP contribution in [0, 0.1) is 0 Å². The summed E-state index contributed by atoms with van der Waals surface area (Å²) in [5, 5.41) is 6.64. The Bertz CT molecular complexity index is 2360. The van der Waals surface area contributed by atoms with Gasteiger partial charge in [0.05, 0.1) is 6.54 Å². The first-order valence-corrected chi connectivity index (χ1v) is 15.2. The highest BCUT2D eigenvalue weighted by molar-refractivity contribution is 6.06. The minimum Gasteiger partial charge on any atom is -0.458 e. The Balaban J connectivity index is 1.15. The van der Waals surface area contributed by atoms with Crippen molar-refractivity contribution in [2.45, 2.75) is 6.54 Å². The molecule has 0 bridgehead atoms. The number of hydrogen-bond donors (Lipinski definition) is 1. The van der Waals surface area contributed by atoms with Gasteiger partial charge in [-0.1, -0.05) is 91.0 Å². The van der Waals surface area contributed by atoms with E-state index in [9.17, 15) is 0 Å². The van der Waals surface area contributed by atoms with Crippen LogP contribution in [0.1, 0.15) is 11.3 Å². The van der Waals surface area contributed by atoms with Crippen molar-refractivity contribution in [1.29, 1.82) is 0 Å². The number of hydrogen-bond acceptors (Lipinski definition) is 4. The average Bonchev–Trinajstić information content (AvgIpc) is 3.68. The van der Waals surface area contributed by atoms with E-state index in [0.29, 0.717) is 6.54 Å². The van der Waals surface area contributed by atoms with E-state index in [1.54, 1.807) is 0 Å². The Kier molecular flexibility index (Phi) is 5.85. The van der Waals surface area contributed by atoms with Crippen molar-refractivity contribution >= 4 is 56.0 Å². The van der Waals surface area contributed by atoms with Crippen molar-refractivity contribution in [2.24, 2.45) is 0 Å². The molecule has 4 nitrogen and oxygen atoms in total. The Morgan fingerprint density at radius 2 is 1.18 bits per heavy atom. The minimum atomic E-state index is 0.701. The van der Waals surface area contributed by atoms with Gasteiger partial charge in [0, 0.05) is 50.4 Å². The Labute approximate surface area is 260 Å². The molecule has 0 radical (unpaired) electrons. The number of fused-ring (bicyclic) bond motifs is 6. The first-order valence-electron chi connectivity index (χ1n) is 15.2. The lowest BCUT2D eigenvalue weighted by molar-refractivity contribution is 0.533. The lowest BCUT2D eigenvalue weighted by atomic mass is 10.0. The topological polar surface area (TPSA) is 41.6 Å². The third kappa shape index (κ3) is 4.30. The maximum absolute atomic E-state index is 6.37. The van der Waals surface area contributed by atoms with Crippen LogP contribution in [-0.2, 0) is 6.54 Å². The molecule has 0 atom stereocenters. The molecule has 0 aliphatic carbocycles. The van der Waals surface area contributed by atoms with Crippen LogP contribution in [0.5, 0.6) is 0 Å². The first-order chi connectivity index (χ1) is 22.3. The molecule has 45 heavy (non-hydrogen) atoms. The minimum absolute atomic E-state index is 0.701. The van der Waals surface area contributed by atoms with Gasteiger partial charge < -0.3 is 19.1 Å². The highest BCUT2D eigenvalue weighted by Gasteiger charge is 2.19. The van der Waals surface area contributed by atoms with Crippen molar-refractivity contribution in [2.75, 3.05) is 4.90 Å². The number of benzene rings is 6. The maximum atomic E-state index is 6.37. The van der Waals surface area contributed by atoms with Crippen molar-refractivity contribution in [1.82, 2.24) is 5.32 Å². The molecule has 0 saturated carbocycles. The summed E-state index contributed by atoms with van der Waals surface area (Å²) in [6.45, 7) is 0.701. The van der Waals surface area contributed by atoms with Crippen LogP contribution in [0.4, 0.5) is 17.1 Å². The van der Waals surface area contributed by atoms with E-state index in [0.717, 1.165) is 72.4 Å². The summed E-state index contributed by atoms with van der Waals surface area (Å²) in [7, 11) is 0. The summed E-state index contributed by atoms with van der Waals surface area (Å²) in [6.07, 6.45) is 4.08. The van der Waals surface area contributed by atoms with Gasteiger partial charge in [0.25, 0.3) is 0 Å². The van der Waals surface area contributed by atoms with E-state index in [2.05, 4.69) is 138 Å². The zero-order chi connectivity index (χ0) is 29.7. The van der Waals surface area contributed by atoms with Gasteiger partial charge in [-0.15, -0.1) is 0 Å². The van der Waals surface area contributed by atoms with E-state index >= 15 is 0 Å². The third-order valence-electron chi connectivity index (χ3n) is 8.75. The van der Waals surface area contributed by atoms with Crippen LogP contribution in [0.3, 0.4) is 0 Å². The van der Waals surface area contributed by atoms with Crippen LogP contribution < -0.4 is 10.2 Å². The standard InChI is InChI=1S/C41H28N2O2/c1-2-7-27(8-3-1)28-13-17-30(18-14-28)43(32-21-22-35-34-9-4-5-12-38(34)44-39(35)25-32)31-19-15-29(16-20-31)33-10-6-11-37-36-23-24-42-26-40(36)45-41(33)37/h1-25,42H,26H2. The predicted octanol–water partition coefficient (Wildman–Crippen LogP) is 11.2. The zero-order valence-corrected chi connectivity index (χ0v) is 24.4. The number of nitrogens with zero attached hydrogens (tertiary/aromatic N) is 1. The van der Waals surface area contributed by atoms with Gasteiger partial charge in [-0.3, -0.25) is 0 Å². The van der Waals surface area contributed by atoms with Crippen molar-refractivity contribution < 1.29 is 8.83 Å². The molecular formula is C41H28N2O2. The molecular weight excluding hydrogens is 552 g/mol. The van der Waals surface area contributed by atoms with Gasteiger partial charge in [0.15, 0.2) is 0 Å². The second kappa shape index (κ2) is 10.3. The molecule has 214 valence electrons. The fraction of sp³-hybridized carbons (Fsp3) is 0.0244. The molecule has 0 amide bonds. The SMILES string of the molecule is C1=Cc2c(oc3c(-c4ccc(N(c5ccc(-c6ccccc6)cc5)c5ccc6c(c5)oc5ccccc56)cc4)cccc23)CN1. The van der Waals surface area contributed by atoms with Crippen LogP contribution in [0.15, 0.2) is 155 Å². The Hall–Kier alpha value is -6.00. The largest absolute Gasteiger partial charge is 0.458 e. The van der Waals surface area contributed by atoms with Gasteiger partial charge in [0.1, 0.15) is 22.5 Å². The molecule has 6 aromatic carbocycles. The van der Waals surface area contributed by atoms with E-state index in [1.165, 1.54) is 11.1 Å². The van der Waals surface area contributed by atoms with Crippen molar-refractivity contribution in [3.63, 3.8) is 0 Å². The quantitative estimate of drug-likeness (QED) is 0.220. The van der Waals surface area contributed by atoms with Gasteiger partial charge in [0.2, 0.25) is 0 Å². The molecule has 1 aliphatic heterocycles. The van der Waals surface area contributed by atoms with E-state index in [4.69, 9.17) is 8.83 Å². The molecule has 0 fully saturated rings. The summed E-state index contributed by atoms with van der Waals surface area (Å²) in [4.78, 5) is 2.29. The molecule has 0 unspecified atom stereocenters. The van der Waals surface area contributed by atoms with Gasteiger partial charge in [-0.05, 0) is 71.4 Å². The average molecular weight is 581 g/mol. The molecule has 2 aromatic heterocycles. The lowest BCUT2D eigenvalue weighted by Crippen LogP contribution is -2.09.